The van der Waals surface area contributed by atoms with Crippen molar-refractivity contribution in [1.82, 2.24) is 9.97 Å². The van der Waals surface area contributed by atoms with Gasteiger partial charge in [0.15, 0.2) is 0 Å². The number of ether oxygens (including phenoxy) is 2. The van der Waals surface area contributed by atoms with Gasteiger partial charge in [0.05, 0.1) is 37.7 Å². The van der Waals surface area contributed by atoms with Crippen molar-refractivity contribution in [2.24, 2.45) is 4.99 Å². The molecule has 194 valence electrons. The summed E-state index contributed by atoms with van der Waals surface area (Å²) in [5, 5.41) is 12.9. The third kappa shape index (κ3) is 4.88. The predicted molar refractivity (Wildman–Crippen MR) is 145 cm³/mol. The minimum Gasteiger partial charge on any atom is -0.496 e. The number of carbonyl (C=O) groups is 1. The third-order valence-corrected chi connectivity index (χ3v) is 6.12. The van der Waals surface area contributed by atoms with E-state index in [0.29, 0.717) is 39.0 Å². The van der Waals surface area contributed by atoms with E-state index in [1.165, 1.54) is 26.4 Å². The summed E-state index contributed by atoms with van der Waals surface area (Å²) in [5.74, 6) is -0.743. The Morgan fingerprint density at radius 3 is 2.58 bits per heavy atom. The molecule has 2 N–H and O–H groups in total. The van der Waals surface area contributed by atoms with Crippen molar-refractivity contribution in [2.75, 3.05) is 19.5 Å². The zero-order valence-corrected chi connectivity index (χ0v) is 20.5. The first kappa shape index (κ1) is 26.6. The van der Waals surface area contributed by atoms with Gasteiger partial charge in [0.2, 0.25) is 5.95 Å². The number of aromatic carboxylic acids is 1. The smallest absolute Gasteiger partial charge is 0.339 e. The van der Waals surface area contributed by atoms with Crippen LogP contribution in [0.25, 0.3) is 11.3 Å². The third-order valence-electron chi connectivity index (χ3n) is 5.88. The Bertz CT molecular complexity index is 1570. The fraction of sp³-hybridized carbons (Fsp3) is 0.143. The van der Waals surface area contributed by atoms with Crippen LogP contribution in [0.4, 0.5) is 16.0 Å². The van der Waals surface area contributed by atoms with Gasteiger partial charge in [-0.2, -0.15) is 0 Å². The number of hydrogen-bond donors (Lipinski definition) is 2. The number of aliphatic imine (C=N–C) groups is 1. The van der Waals surface area contributed by atoms with E-state index in [1.54, 1.807) is 42.6 Å². The second-order valence-electron chi connectivity index (χ2n) is 8.08. The van der Waals surface area contributed by atoms with Crippen LogP contribution in [0, 0.1) is 5.82 Å². The van der Waals surface area contributed by atoms with E-state index in [9.17, 15) is 9.90 Å². The Morgan fingerprint density at radius 1 is 1.05 bits per heavy atom. The molecule has 2 heterocycles. The van der Waals surface area contributed by atoms with Crippen LogP contribution in [-0.2, 0) is 6.54 Å². The van der Waals surface area contributed by atoms with Gasteiger partial charge in [-0.3, -0.25) is 4.99 Å². The van der Waals surface area contributed by atoms with Gasteiger partial charge in [-0.15, -0.1) is 0 Å². The lowest BCUT2D eigenvalue weighted by atomic mass is 9.94. The van der Waals surface area contributed by atoms with E-state index in [1.807, 2.05) is 6.07 Å². The van der Waals surface area contributed by atoms with Crippen LogP contribution in [0.2, 0.25) is 5.02 Å². The number of halogens is 2. The summed E-state index contributed by atoms with van der Waals surface area (Å²) in [4.78, 5) is 25.2. The van der Waals surface area contributed by atoms with Gasteiger partial charge in [-0.1, -0.05) is 31.2 Å². The highest BCUT2D eigenvalue weighted by atomic mass is 35.5. The standard InChI is InChI=1S/C27H20ClFN4O4.CH4/c1-36-21-5-3-4-20(29)23(21)25-19-10-15(28)6-8-17(19)24-14(12-30-25)13-31-27(33-24)32-16-7-9-18(26(34)35)22(11-16)37-2;/h3-11,13H,12H2,1-2H3,(H,34,35)(H,31,32,33);1H4. The first-order valence-corrected chi connectivity index (χ1v) is 11.5. The molecule has 0 atom stereocenters. The number of anilines is 2. The van der Waals surface area contributed by atoms with Crippen LogP contribution in [0.15, 0.2) is 65.8 Å². The number of aromatic nitrogens is 2. The quantitative estimate of drug-likeness (QED) is 0.295. The molecule has 1 aliphatic rings. The molecule has 8 nitrogen and oxygen atoms in total. The van der Waals surface area contributed by atoms with Crippen LogP contribution in [-0.4, -0.2) is 41.0 Å². The maximum Gasteiger partial charge on any atom is 0.339 e. The van der Waals surface area contributed by atoms with Gasteiger partial charge in [0.25, 0.3) is 0 Å². The minimum absolute atomic E-state index is 0. The molecule has 0 saturated heterocycles. The lowest BCUT2D eigenvalue weighted by Crippen LogP contribution is -2.09. The first-order valence-electron chi connectivity index (χ1n) is 11.1. The molecule has 0 amide bonds. The van der Waals surface area contributed by atoms with Crippen LogP contribution in [0.5, 0.6) is 11.5 Å². The van der Waals surface area contributed by atoms with Gasteiger partial charge < -0.3 is 19.9 Å². The van der Waals surface area contributed by atoms with E-state index in [2.05, 4.69) is 10.3 Å². The number of methoxy groups -OCH3 is 2. The topological polar surface area (TPSA) is 106 Å². The number of nitrogens with zero attached hydrogens (tertiary/aromatic N) is 3. The molecule has 5 rings (SSSR count). The molecule has 10 heteroatoms. The van der Waals surface area contributed by atoms with Crippen LogP contribution >= 0.6 is 11.6 Å². The van der Waals surface area contributed by atoms with Crippen molar-refractivity contribution < 1.29 is 23.8 Å². The Kier molecular flexibility index (Phi) is 7.59. The first-order chi connectivity index (χ1) is 17.9. The molecule has 0 saturated carbocycles. The highest BCUT2D eigenvalue weighted by molar-refractivity contribution is 6.31. The normalized spacial score (nSPS) is 11.7. The highest BCUT2D eigenvalue weighted by Crippen LogP contribution is 2.36. The van der Waals surface area contributed by atoms with Gasteiger partial charge >= 0.3 is 5.97 Å². The average molecular weight is 535 g/mol. The molecule has 0 fully saturated rings. The lowest BCUT2D eigenvalue weighted by molar-refractivity contribution is 0.0693. The van der Waals surface area contributed by atoms with Crippen molar-refractivity contribution in [1.29, 1.82) is 0 Å². The highest BCUT2D eigenvalue weighted by Gasteiger charge is 2.25. The summed E-state index contributed by atoms with van der Waals surface area (Å²) < 4.78 is 25.7. The predicted octanol–water partition coefficient (Wildman–Crippen LogP) is 6.38. The molecule has 0 spiro atoms. The molecule has 1 aromatic heterocycles. The van der Waals surface area contributed by atoms with E-state index in [0.717, 1.165) is 5.56 Å². The number of fused-ring (bicyclic) bond motifs is 3. The SMILES string of the molecule is C.COc1cc(Nc2ncc3c(n2)-c2ccc(Cl)cc2C(c2c(F)cccc2OC)=NC3)ccc1C(=O)O. The van der Waals surface area contributed by atoms with Gasteiger partial charge in [0.1, 0.15) is 22.9 Å². The molecular formula is C28H24ClFN4O4. The summed E-state index contributed by atoms with van der Waals surface area (Å²) in [7, 11) is 2.87. The molecule has 0 unspecified atom stereocenters. The van der Waals surface area contributed by atoms with Crippen LogP contribution in [0.1, 0.15) is 34.5 Å². The molecule has 0 bridgehead atoms. The van der Waals surface area contributed by atoms with Crippen molar-refractivity contribution in [3.05, 3.63) is 93.9 Å². The zero-order chi connectivity index (χ0) is 26.1. The minimum atomic E-state index is -1.10. The lowest BCUT2D eigenvalue weighted by Gasteiger charge is -2.15. The fourth-order valence-electron chi connectivity index (χ4n) is 4.18. The number of carboxylic acids is 1. The average Bonchev–Trinajstić information content (AvgIpc) is 3.04. The van der Waals surface area contributed by atoms with Crippen molar-refractivity contribution in [3.63, 3.8) is 0 Å². The summed E-state index contributed by atoms with van der Waals surface area (Å²) in [6, 6.07) is 14.5. The van der Waals surface area contributed by atoms with E-state index < -0.39 is 11.8 Å². The van der Waals surface area contributed by atoms with Crippen molar-refractivity contribution in [2.45, 2.75) is 14.0 Å². The number of rotatable bonds is 6. The summed E-state index contributed by atoms with van der Waals surface area (Å²) in [5.41, 5.74) is 3.85. The van der Waals surface area contributed by atoms with Crippen molar-refractivity contribution in [3.8, 4) is 22.8 Å². The Balaban J connectivity index is 0.00000336. The second-order valence-corrected chi connectivity index (χ2v) is 8.52. The van der Waals surface area contributed by atoms with Gasteiger partial charge in [-0.25, -0.2) is 19.2 Å². The second kappa shape index (κ2) is 10.9. The maximum absolute atomic E-state index is 15.0. The van der Waals surface area contributed by atoms with Gasteiger partial charge in [0, 0.05) is 39.7 Å². The Hall–Kier alpha value is -4.50. The molecule has 3 aromatic carbocycles. The molecule has 38 heavy (non-hydrogen) atoms. The maximum atomic E-state index is 15.0. The van der Waals surface area contributed by atoms with Crippen molar-refractivity contribution >= 4 is 34.9 Å². The fourth-order valence-corrected chi connectivity index (χ4v) is 4.35. The van der Waals surface area contributed by atoms with E-state index in [4.69, 9.17) is 31.1 Å². The number of nitrogens with one attached hydrogen (secondary N) is 1. The van der Waals surface area contributed by atoms with Gasteiger partial charge in [-0.05, 0) is 36.4 Å². The number of carboxylic acid groups (broad SMARTS) is 1. The van der Waals surface area contributed by atoms with E-state index >= 15 is 4.39 Å². The van der Waals surface area contributed by atoms with Crippen LogP contribution < -0.4 is 14.8 Å². The Labute approximate surface area is 223 Å². The monoisotopic (exact) mass is 534 g/mol. The summed E-state index contributed by atoms with van der Waals surface area (Å²) in [6.07, 6.45) is 1.65. The Morgan fingerprint density at radius 2 is 1.84 bits per heavy atom. The van der Waals surface area contributed by atoms with E-state index in [-0.39, 0.29) is 36.8 Å². The number of benzene rings is 3. The molecule has 0 aliphatic carbocycles. The zero-order valence-electron chi connectivity index (χ0n) is 19.8. The summed E-state index contributed by atoms with van der Waals surface area (Å²) >= 11 is 6.35. The molecule has 1 aliphatic heterocycles. The molecular weight excluding hydrogens is 511 g/mol. The number of hydrogen-bond acceptors (Lipinski definition) is 7. The van der Waals surface area contributed by atoms with Crippen LogP contribution in [0.3, 0.4) is 0 Å². The molecule has 0 radical (unpaired) electrons. The molecule has 4 aromatic rings. The largest absolute Gasteiger partial charge is 0.496 e. The summed E-state index contributed by atoms with van der Waals surface area (Å²) in [6.45, 7) is 0.204.